The lowest BCUT2D eigenvalue weighted by atomic mass is 9.81. The van der Waals surface area contributed by atoms with Crippen LogP contribution >= 0.6 is 0 Å². The van der Waals surface area contributed by atoms with Gasteiger partial charge in [0.05, 0.1) is 18.2 Å². The van der Waals surface area contributed by atoms with Crippen molar-refractivity contribution in [3.8, 4) is 11.1 Å². The number of amides is 3. The van der Waals surface area contributed by atoms with Gasteiger partial charge >= 0.3 is 12.1 Å². The first kappa shape index (κ1) is 35.1. The Labute approximate surface area is 285 Å². The van der Waals surface area contributed by atoms with E-state index in [2.05, 4.69) is 31.4 Å². The normalized spacial score (nSPS) is 16.8. The highest BCUT2D eigenvalue weighted by molar-refractivity contribution is 5.98. The highest BCUT2D eigenvalue weighted by atomic mass is 16.6. The number of esters is 1. The molecule has 0 spiro atoms. The van der Waals surface area contributed by atoms with Crippen molar-refractivity contribution in [1.29, 1.82) is 0 Å². The molecule has 5 rings (SSSR count). The van der Waals surface area contributed by atoms with E-state index in [1.807, 2.05) is 58.0 Å². The van der Waals surface area contributed by atoms with Crippen LogP contribution in [0.15, 0.2) is 60.7 Å². The van der Waals surface area contributed by atoms with Crippen LogP contribution in [0.25, 0.3) is 22.2 Å². The third-order valence-electron chi connectivity index (χ3n) is 8.73. The number of aromatic nitrogens is 3. The quantitative estimate of drug-likeness (QED) is 0.156. The van der Waals surface area contributed by atoms with Crippen molar-refractivity contribution >= 4 is 40.6 Å². The van der Waals surface area contributed by atoms with Crippen molar-refractivity contribution in [2.75, 3.05) is 19.0 Å². The number of benzene rings is 3. The molecule has 0 bridgehead atoms. The zero-order valence-electron chi connectivity index (χ0n) is 28.6. The van der Waals surface area contributed by atoms with Gasteiger partial charge in [0.1, 0.15) is 17.2 Å². The minimum absolute atomic E-state index is 0.163. The van der Waals surface area contributed by atoms with Gasteiger partial charge in [0.15, 0.2) is 0 Å². The summed E-state index contributed by atoms with van der Waals surface area (Å²) in [6.45, 7) is 7.90. The number of anilines is 1. The smallest absolute Gasteiger partial charge is 0.407 e. The number of aryl methyl sites for hydroxylation is 1. The van der Waals surface area contributed by atoms with E-state index in [0.29, 0.717) is 36.2 Å². The first-order valence-corrected chi connectivity index (χ1v) is 16.6. The summed E-state index contributed by atoms with van der Waals surface area (Å²) in [6, 6.07) is 17.7. The molecule has 12 nitrogen and oxygen atoms in total. The lowest BCUT2D eigenvalue weighted by Gasteiger charge is -2.29. The van der Waals surface area contributed by atoms with Crippen LogP contribution in [-0.2, 0) is 25.5 Å². The highest BCUT2D eigenvalue weighted by Crippen LogP contribution is 2.29. The molecule has 0 saturated heterocycles. The van der Waals surface area contributed by atoms with E-state index in [9.17, 15) is 19.2 Å². The number of H-pyrrole nitrogens is 1. The van der Waals surface area contributed by atoms with Gasteiger partial charge in [-0.2, -0.15) is 0 Å². The van der Waals surface area contributed by atoms with Gasteiger partial charge in [-0.25, -0.2) is 9.59 Å². The van der Waals surface area contributed by atoms with E-state index in [1.54, 1.807) is 30.3 Å². The number of alkyl carbamates (subject to hydrolysis) is 1. The van der Waals surface area contributed by atoms with Gasteiger partial charge in [-0.1, -0.05) is 35.5 Å². The number of aromatic amines is 1. The van der Waals surface area contributed by atoms with Crippen molar-refractivity contribution in [2.45, 2.75) is 71.4 Å². The molecule has 258 valence electrons. The van der Waals surface area contributed by atoms with Crippen LogP contribution < -0.4 is 16.0 Å². The minimum Gasteiger partial charge on any atom is -0.465 e. The van der Waals surface area contributed by atoms with Crippen LogP contribution in [0.3, 0.4) is 0 Å². The van der Waals surface area contributed by atoms with Crippen LogP contribution in [0.2, 0.25) is 0 Å². The number of carbonyl (C=O) groups is 4. The number of nitrogens with one attached hydrogen (secondary N) is 4. The Hall–Kier alpha value is -5.26. The highest BCUT2D eigenvalue weighted by Gasteiger charge is 2.30. The third-order valence-corrected chi connectivity index (χ3v) is 8.73. The second-order valence-electron chi connectivity index (χ2n) is 13.6. The Morgan fingerprint density at radius 2 is 1.69 bits per heavy atom. The summed E-state index contributed by atoms with van der Waals surface area (Å²) in [7, 11) is 1.36. The Morgan fingerprint density at radius 3 is 2.37 bits per heavy atom. The summed E-state index contributed by atoms with van der Waals surface area (Å²) in [4.78, 5) is 51.3. The lowest BCUT2D eigenvalue weighted by Crippen LogP contribution is -2.48. The van der Waals surface area contributed by atoms with Crippen molar-refractivity contribution in [2.24, 2.45) is 11.8 Å². The number of carbonyl (C=O) groups excluding carboxylic acids is 4. The fourth-order valence-electron chi connectivity index (χ4n) is 6.11. The summed E-state index contributed by atoms with van der Waals surface area (Å²) >= 11 is 0. The van der Waals surface area contributed by atoms with E-state index in [-0.39, 0.29) is 36.0 Å². The van der Waals surface area contributed by atoms with E-state index in [4.69, 9.17) is 9.47 Å². The van der Waals surface area contributed by atoms with Gasteiger partial charge in [-0.3, -0.25) is 14.7 Å². The molecule has 3 aromatic carbocycles. The Bertz CT molecular complexity index is 1800. The maximum Gasteiger partial charge on any atom is 0.407 e. The number of nitrogens with zero attached hydrogens (tertiary/aromatic N) is 2. The van der Waals surface area contributed by atoms with Crippen molar-refractivity contribution in [1.82, 2.24) is 26.0 Å². The van der Waals surface area contributed by atoms with Crippen LogP contribution in [0, 0.1) is 18.8 Å². The van der Waals surface area contributed by atoms with Crippen LogP contribution in [0.4, 0.5) is 10.5 Å². The molecule has 0 unspecified atom stereocenters. The molecule has 3 amide bonds. The summed E-state index contributed by atoms with van der Waals surface area (Å²) in [6.07, 6.45) is 2.72. The fourth-order valence-corrected chi connectivity index (χ4v) is 6.11. The summed E-state index contributed by atoms with van der Waals surface area (Å²) in [5.41, 5.74) is 5.56. The average Bonchev–Trinajstić information content (AvgIpc) is 3.54. The molecule has 1 aliphatic rings. The Balaban J connectivity index is 1.25. The Morgan fingerprint density at radius 1 is 0.959 bits per heavy atom. The second kappa shape index (κ2) is 15.3. The van der Waals surface area contributed by atoms with Crippen LogP contribution in [0.1, 0.15) is 67.9 Å². The van der Waals surface area contributed by atoms with Gasteiger partial charge in [0, 0.05) is 24.6 Å². The first-order chi connectivity index (χ1) is 23.4. The monoisotopic (exact) mass is 668 g/mol. The Kier molecular flexibility index (Phi) is 11.0. The number of hydrogen-bond donors (Lipinski definition) is 4. The molecule has 1 heterocycles. The topological polar surface area (TPSA) is 164 Å². The van der Waals surface area contributed by atoms with E-state index < -0.39 is 17.7 Å². The third kappa shape index (κ3) is 9.43. The number of rotatable bonds is 10. The van der Waals surface area contributed by atoms with Crippen LogP contribution in [0.5, 0.6) is 0 Å². The van der Waals surface area contributed by atoms with Gasteiger partial charge in [-0.05, 0) is 112 Å². The molecule has 49 heavy (non-hydrogen) atoms. The number of fused-ring (bicyclic) bond motifs is 1. The predicted molar refractivity (Wildman–Crippen MR) is 186 cm³/mol. The van der Waals surface area contributed by atoms with Crippen LogP contribution in [-0.4, -0.2) is 64.6 Å². The summed E-state index contributed by atoms with van der Waals surface area (Å²) < 4.78 is 10.2. The maximum atomic E-state index is 13.7. The van der Waals surface area contributed by atoms with Crippen molar-refractivity contribution in [3.63, 3.8) is 0 Å². The predicted octanol–water partition coefficient (Wildman–Crippen LogP) is 5.72. The van der Waals surface area contributed by atoms with Gasteiger partial charge < -0.3 is 25.4 Å². The second-order valence-corrected chi connectivity index (χ2v) is 13.6. The molecule has 1 aliphatic carbocycles. The van der Waals surface area contributed by atoms with Gasteiger partial charge in [0.2, 0.25) is 11.8 Å². The standard InChI is InChI=1S/C37H44N6O6/c1-22-18-27(35(46)48-5)14-16-29(22)25-10-6-23(7-11-25)19-32(34(45)39-28-15-17-30-31(20-28)42-43-41-30)40-33(44)26-12-8-24(9-13-26)21-38-36(47)49-37(2,3)4/h6-7,10-11,14-18,20,24,26,32H,8-9,12-13,19,21H2,1-5H3,(H,38,47)(H,39,45)(H,40,44)(H,41,42,43)/t24-,26-,32-/m0/s1. The number of hydrogen-bond acceptors (Lipinski definition) is 8. The zero-order chi connectivity index (χ0) is 35.1. The molecular weight excluding hydrogens is 624 g/mol. The molecule has 12 heteroatoms. The first-order valence-electron chi connectivity index (χ1n) is 16.6. The number of ether oxygens (including phenoxy) is 2. The van der Waals surface area contributed by atoms with Gasteiger partial charge in [0.25, 0.3) is 0 Å². The summed E-state index contributed by atoms with van der Waals surface area (Å²) in [5.74, 6) is -0.882. The molecule has 1 aromatic heterocycles. The molecule has 1 saturated carbocycles. The molecule has 1 fully saturated rings. The molecule has 4 aromatic rings. The fraction of sp³-hybridized carbons (Fsp3) is 0.405. The molecule has 4 N–H and O–H groups in total. The van der Waals surface area contributed by atoms with E-state index in [1.165, 1.54) is 7.11 Å². The van der Waals surface area contributed by atoms with Crippen molar-refractivity contribution < 1.29 is 28.7 Å². The van der Waals surface area contributed by atoms with E-state index >= 15 is 0 Å². The molecule has 0 radical (unpaired) electrons. The molecule has 0 aliphatic heterocycles. The lowest BCUT2D eigenvalue weighted by molar-refractivity contribution is -0.130. The molecular formula is C37H44N6O6. The average molecular weight is 669 g/mol. The zero-order valence-corrected chi connectivity index (χ0v) is 28.6. The number of methoxy groups -OCH3 is 1. The van der Waals surface area contributed by atoms with Crippen molar-refractivity contribution in [3.05, 3.63) is 77.4 Å². The largest absolute Gasteiger partial charge is 0.465 e. The molecule has 1 atom stereocenters. The minimum atomic E-state index is -0.834. The van der Waals surface area contributed by atoms with E-state index in [0.717, 1.165) is 40.6 Å². The van der Waals surface area contributed by atoms with Gasteiger partial charge in [-0.15, -0.1) is 5.10 Å². The maximum absolute atomic E-state index is 13.7. The SMILES string of the molecule is COC(=O)c1ccc(-c2ccc(C[C@H](NC(=O)[C@H]3CC[C@H](CNC(=O)OC(C)(C)C)CC3)C(=O)Nc3ccc4[nH]nnc4c3)cc2)c(C)c1. The summed E-state index contributed by atoms with van der Waals surface area (Å²) in [5, 5.41) is 19.4.